The van der Waals surface area contributed by atoms with Gasteiger partial charge in [-0.15, -0.1) is 0 Å². The van der Waals surface area contributed by atoms with Crippen molar-refractivity contribution in [1.82, 2.24) is 9.80 Å². The zero-order chi connectivity index (χ0) is 13.9. The maximum absolute atomic E-state index is 12.2. The molecule has 4 heterocycles. The highest BCUT2D eigenvalue weighted by atomic mass is 16.3. The molecule has 4 fully saturated rings. The van der Waals surface area contributed by atoms with Gasteiger partial charge in [0.2, 0.25) is 5.91 Å². The van der Waals surface area contributed by atoms with Crippen molar-refractivity contribution in [3.8, 4) is 0 Å². The first-order valence-corrected chi connectivity index (χ1v) is 8.06. The SMILES string of the molecule is O=C1CCC[C@@H]2[C@H]3C[C@@H]([C@@H](O)N12)[C@@H]1C[C@@H](O)CCN1C3. The molecule has 0 radical (unpaired) electrons. The van der Waals surface area contributed by atoms with Gasteiger partial charge >= 0.3 is 0 Å². The monoisotopic (exact) mass is 280 g/mol. The van der Waals surface area contributed by atoms with Crippen LogP contribution in [0.25, 0.3) is 0 Å². The summed E-state index contributed by atoms with van der Waals surface area (Å²) in [6, 6.07) is 0.496. The second-order valence-corrected chi connectivity index (χ2v) is 7.07. The second kappa shape index (κ2) is 4.68. The van der Waals surface area contributed by atoms with Gasteiger partial charge in [0.05, 0.1) is 6.10 Å². The average molecular weight is 280 g/mol. The van der Waals surface area contributed by atoms with Crippen LogP contribution in [0.5, 0.6) is 0 Å². The lowest BCUT2D eigenvalue weighted by Gasteiger charge is -2.59. The zero-order valence-electron chi connectivity index (χ0n) is 11.8. The van der Waals surface area contributed by atoms with Crippen LogP contribution in [-0.2, 0) is 4.79 Å². The molecule has 0 aliphatic carbocycles. The van der Waals surface area contributed by atoms with Crippen LogP contribution >= 0.6 is 0 Å². The summed E-state index contributed by atoms with van der Waals surface area (Å²) >= 11 is 0. The quantitative estimate of drug-likeness (QED) is 0.663. The number of carbonyl (C=O) groups is 1. The predicted octanol–water partition coefficient (Wildman–Crippen LogP) is 0.161. The van der Waals surface area contributed by atoms with Crippen LogP contribution in [0.15, 0.2) is 0 Å². The molecule has 5 heteroatoms. The van der Waals surface area contributed by atoms with E-state index in [-0.39, 0.29) is 30.0 Å². The van der Waals surface area contributed by atoms with E-state index in [0.717, 1.165) is 45.2 Å². The molecule has 4 rings (SSSR count). The average Bonchev–Trinajstić information content (AvgIpc) is 2.44. The molecule has 112 valence electrons. The van der Waals surface area contributed by atoms with E-state index in [0.29, 0.717) is 12.3 Å². The van der Waals surface area contributed by atoms with E-state index in [4.69, 9.17) is 0 Å². The minimum atomic E-state index is -0.637. The lowest BCUT2D eigenvalue weighted by atomic mass is 9.69. The molecule has 0 spiro atoms. The fourth-order valence-corrected chi connectivity index (χ4v) is 5.11. The van der Waals surface area contributed by atoms with Crippen LogP contribution in [0.2, 0.25) is 0 Å². The number of carbonyl (C=O) groups excluding carboxylic acids is 1. The van der Waals surface area contributed by atoms with Gasteiger partial charge in [0.25, 0.3) is 0 Å². The van der Waals surface area contributed by atoms with E-state index in [2.05, 4.69) is 4.90 Å². The largest absolute Gasteiger partial charge is 0.393 e. The van der Waals surface area contributed by atoms with Crippen molar-refractivity contribution in [2.24, 2.45) is 11.8 Å². The first-order valence-electron chi connectivity index (χ1n) is 8.06. The topological polar surface area (TPSA) is 64.0 Å². The van der Waals surface area contributed by atoms with Crippen LogP contribution in [0, 0.1) is 11.8 Å². The standard InChI is InChI=1S/C15H24N2O3/c18-10-4-5-16-8-9-6-11(13(16)7-10)15(20)17-12(9)2-1-3-14(17)19/h9-13,15,18,20H,1-8H2/t9-,10-,11+,12+,13-,15+/m0/s1. The Kier molecular flexibility index (Phi) is 3.05. The Bertz CT molecular complexity index is 414. The molecule has 2 N–H and O–H groups in total. The number of piperidine rings is 4. The highest BCUT2D eigenvalue weighted by Gasteiger charge is 2.53. The lowest BCUT2D eigenvalue weighted by Crippen LogP contribution is -2.69. The molecule has 4 aliphatic heterocycles. The van der Waals surface area contributed by atoms with E-state index in [1.54, 1.807) is 4.90 Å². The molecule has 20 heavy (non-hydrogen) atoms. The third kappa shape index (κ3) is 1.83. The Balaban J connectivity index is 1.63. The number of hydrogen-bond donors (Lipinski definition) is 2. The molecule has 2 bridgehead atoms. The molecule has 0 unspecified atom stereocenters. The summed E-state index contributed by atoms with van der Waals surface area (Å²) in [7, 11) is 0. The lowest BCUT2D eigenvalue weighted by molar-refractivity contribution is -0.194. The summed E-state index contributed by atoms with van der Waals surface area (Å²) in [5.74, 6) is 0.773. The van der Waals surface area contributed by atoms with Gasteiger partial charge in [-0.3, -0.25) is 9.69 Å². The molecule has 5 nitrogen and oxygen atoms in total. The summed E-state index contributed by atoms with van der Waals surface area (Å²) in [6.07, 6.45) is 4.34. The van der Waals surface area contributed by atoms with Gasteiger partial charge in [-0.2, -0.15) is 0 Å². The number of aliphatic hydroxyl groups is 2. The third-order valence-corrected chi connectivity index (χ3v) is 6.02. The smallest absolute Gasteiger partial charge is 0.224 e. The number of rotatable bonds is 0. The van der Waals surface area contributed by atoms with Crippen molar-refractivity contribution in [1.29, 1.82) is 0 Å². The molecular weight excluding hydrogens is 256 g/mol. The van der Waals surface area contributed by atoms with Crippen LogP contribution < -0.4 is 0 Å². The minimum absolute atomic E-state index is 0.127. The molecule has 4 aliphatic rings. The second-order valence-electron chi connectivity index (χ2n) is 7.07. The molecule has 0 aromatic carbocycles. The highest BCUT2D eigenvalue weighted by Crippen LogP contribution is 2.45. The van der Waals surface area contributed by atoms with Crippen molar-refractivity contribution >= 4 is 5.91 Å². The van der Waals surface area contributed by atoms with Crippen molar-refractivity contribution in [3.05, 3.63) is 0 Å². The van der Waals surface area contributed by atoms with Gasteiger partial charge in [-0.25, -0.2) is 0 Å². The van der Waals surface area contributed by atoms with Crippen LogP contribution in [0.4, 0.5) is 0 Å². The first-order chi connectivity index (χ1) is 9.65. The molecule has 0 aromatic heterocycles. The molecule has 0 aromatic rings. The van der Waals surface area contributed by atoms with Crippen molar-refractivity contribution in [3.63, 3.8) is 0 Å². The first kappa shape index (κ1) is 13.0. The minimum Gasteiger partial charge on any atom is -0.393 e. The fourth-order valence-electron chi connectivity index (χ4n) is 5.11. The van der Waals surface area contributed by atoms with Crippen LogP contribution in [0.3, 0.4) is 0 Å². The molecule has 0 saturated carbocycles. The number of fused-ring (bicyclic) bond motifs is 6. The van der Waals surface area contributed by atoms with Crippen molar-refractivity contribution in [2.75, 3.05) is 13.1 Å². The number of aliphatic hydroxyl groups excluding tert-OH is 2. The Morgan fingerprint density at radius 2 is 1.95 bits per heavy atom. The van der Waals surface area contributed by atoms with Gasteiger partial charge in [0.15, 0.2) is 0 Å². The maximum atomic E-state index is 12.2. The Morgan fingerprint density at radius 3 is 2.80 bits per heavy atom. The predicted molar refractivity (Wildman–Crippen MR) is 72.7 cm³/mol. The molecule has 4 saturated heterocycles. The van der Waals surface area contributed by atoms with Crippen LogP contribution in [0.1, 0.15) is 38.5 Å². The van der Waals surface area contributed by atoms with E-state index < -0.39 is 6.23 Å². The summed E-state index contributed by atoms with van der Waals surface area (Å²) in [4.78, 5) is 16.5. The Hall–Kier alpha value is -0.650. The maximum Gasteiger partial charge on any atom is 0.224 e. The van der Waals surface area contributed by atoms with Crippen LogP contribution in [-0.4, -0.2) is 63.4 Å². The van der Waals surface area contributed by atoms with Gasteiger partial charge in [-0.05, 0) is 38.0 Å². The van der Waals surface area contributed by atoms with Gasteiger partial charge in [0.1, 0.15) is 6.23 Å². The fraction of sp³-hybridized carbons (Fsp3) is 0.933. The normalized spacial score (nSPS) is 48.7. The third-order valence-electron chi connectivity index (χ3n) is 6.02. The molecular formula is C15H24N2O3. The Labute approximate surface area is 119 Å². The zero-order valence-corrected chi connectivity index (χ0v) is 11.8. The summed E-state index contributed by atoms with van der Waals surface area (Å²) < 4.78 is 0. The van der Waals surface area contributed by atoms with E-state index in [1.165, 1.54) is 0 Å². The summed E-state index contributed by atoms with van der Waals surface area (Å²) in [5.41, 5.74) is 0. The van der Waals surface area contributed by atoms with Crippen molar-refractivity contribution in [2.45, 2.75) is 62.9 Å². The number of nitrogens with zero attached hydrogens (tertiary/aromatic N) is 2. The number of amides is 1. The van der Waals surface area contributed by atoms with Gasteiger partial charge in [0, 0.05) is 37.5 Å². The van der Waals surface area contributed by atoms with E-state index >= 15 is 0 Å². The van der Waals surface area contributed by atoms with Gasteiger partial charge in [-0.1, -0.05) is 0 Å². The van der Waals surface area contributed by atoms with Crippen molar-refractivity contribution < 1.29 is 15.0 Å². The Morgan fingerprint density at radius 1 is 1.10 bits per heavy atom. The summed E-state index contributed by atoms with van der Waals surface area (Å²) in [6.45, 7) is 1.97. The highest BCUT2D eigenvalue weighted by molar-refractivity contribution is 5.77. The molecule has 1 amide bonds. The van der Waals surface area contributed by atoms with E-state index in [1.807, 2.05) is 0 Å². The number of hydrogen-bond acceptors (Lipinski definition) is 4. The molecule has 6 atom stereocenters. The summed E-state index contributed by atoms with van der Waals surface area (Å²) in [5, 5.41) is 20.6. The van der Waals surface area contributed by atoms with E-state index in [9.17, 15) is 15.0 Å². The van der Waals surface area contributed by atoms with Gasteiger partial charge < -0.3 is 15.1 Å².